The fourth-order valence-corrected chi connectivity index (χ4v) is 6.99. The summed E-state index contributed by atoms with van der Waals surface area (Å²) in [6.07, 6.45) is 0.376. The molecule has 0 aliphatic heterocycles. The van der Waals surface area contributed by atoms with Gasteiger partial charge in [0.05, 0.1) is 11.6 Å². The van der Waals surface area contributed by atoms with Gasteiger partial charge < -0.3 is 36.1 Å². The second-order valence-corrected chi connectivity index (χ2v) is 11.8. The average Bonchev–Trinajstić information content (AvgIpc) is 3.34. The Morgan fingerprint density at radius 3 is 2.33 bits per heavy atom. The molecule has 4 atom stereocenters. The van der Waals surface area contributed by atoms with Crippen LogP contribution in [0.2, 0.25) is 0 Å². The molecular weight excluding hydrogens is 540 g/mol. The smallest absolute Gasteiger partial charge is 0.255 e. The zero-order valence-electron chi connectivity index (χ0n) is 23.6. The molecule has 0 saturated heterocycles. The topological polar surface area (TPSA) is 184 Å². The quantitative estimate of drug-likeness (QED) is 0.230. The second kappa shape index (κ2) is 9.20. The molecule has 7 N–H and O–H groups in total. The van der Waals surface area contributed by atoms with E-state index in [9.17, 15) is 29.7 Å². The summed E-state index contributed by atoms with van der Waals surface area (Å²) in [4.78, 5) is 43.1. The van der Waals surface area contributed by atoms with Crippen LogP contribution in [-0.2, 0) is 20.8 Å². The molecule has 2 aromatic carbocycles. The summed E-state index contributed by atoms with van der Waals surface area (Å²) in [5.41, 5.74) is 11.3. The fourth-order valence-electron chi connectivity index (χ4n) is 6.99. The van der Waals surface area contributed by atoms with E-state index >= 15 is 0 Å². The number of nitrogen functional groups attached to an aromatic ring is 1. The molecular formula is C31H32N4O7. The summed E-state index contributed by atoms with van der Waals surface area (Å²) < 4.78 is 6.28. The van der Waals surface area contributed by atoms with Gasteiger partial charge in [-0.2, -0.15) is 0 Å². The fraction of sp³-hybridized carbons (Fsp3) is 0.323. The van der Waals surface area contributed by atoms with Crippen molar-refractivity contribution in [3.63, 3.8) is 0 Å². The number of primary amides is 1. The Hall–Kier alpha value is -4.61. The number of nitrogens with zero attached hydrogens (tertiary/aromatic N) is 2. The van der Waals surface area contributed by atoms with Crippen LogP contribution in [0.5, 0.6) is 0 Å². The van der Waals surface area contributed by atoms with Crippen LogP contribution in [0.1, 0.15) is 17.5 Å². The first-order valence-corrected chi connectivity index (χ1v) is 13.5. The number of hydrogen-bond acceptors (Lipinski definition) is 10. The average molecular weight is 573 g/mol. The number of carbonyl (C=O) groups is 3. The molecule has 11 heteroatoms. The lowest BCUT2D eigenvalue weighted by Crippen LogP contribution is -2.65. The molecule has 1 amide bonds. The number of hydrogen-bond donors (Lipinski definition) is 5. The van der Waals surface area contributed by atoms with Gasteiger partial charge in [0, 0.05) is 47.9 Å². The van der Waals surface area contributed by atoms with Crippen LogP contribution >= 0.6 is 0 Å². The highest BCUT2D eigenvalue weighted by Gasteiger charge is 2.64. The molecule has 11 nitrogen and oxygen atoms in total. The van der Waals surface area contributed by atoms with E-state index in [0.717, 1.165) is 16.8 Å². The zero-order chi connectivity index (χ0) is 30.4. The van der Waals surface area contributed by atoms with E-state index in [1.54, 1.807) is 26.2 Å². The summed E-state index contributed by atoms with van der Waals surface area (Å²) in [7, 11) is 6.92. The van der Waals surface area contributed by atoms with E-state index in [4.69, 9.17) is 15.9 Å². The third kappa shape index (κ3) is 3.63. The molecule has 3 aromatic rings. The van der Waals surface area contributed by atoms with Gasteiger partial charge in [0.25, 0.3) is 5.91 Å². The Labute approximate surface area is 241 Å². The number of aliphatic hydroxyl groups excluding tert-OH is 2. The number of ketones is 2. The van der Waals surface area contributed by atoms with Gasteiger partial charge in [0.2, 0.25) is 5.78 Å². The first-order valence-electron chi connectivity index (χ1n) is 13.5. The first-order chi connectivity index (χ1) is 19.8. The largest absolute Gasteiger partial charge is 0.508 e. The van der Waals surface area contributed by atoms with Crippen LogP contribution in [0.4, 0.5) is 11.4 Å². The Bertz CT molecular complexity index is 1770. The standard InChI is InChI=1S/C31H32N4O7/c1-34(2)19-11-15-12-20(13-5-7-16(32)8-6-13)42-27(15)22-17(19)9-14-10-18-24(35(3)4)26(37)23(30(33)40)29(39)31(18,41)28(38)21(14)25(22)36/h5-8,11-12,14,18,24,36,39,41H,9-10,32H2,1-4H3,(H2,33,40)/t14-,18-,24-,31-/m0/s1. The molecule has 0 unspecified atom stereocenters. The summed E-state index contributed by atoms with van der Waals surface area (Å²) in [5.74, 6) is -5.59. The molecule has 0 bridgehead atoms. The molecule has 1 aromatic heterocycles. The van der Waals surface area contributed by atoms with Crippen LogP contribution in [-0.4, -0.2) is 77.5 Å². The Kier molecular flexibility index (Phi) is 6.03. The van der Waals surface area contributed by atoms with E-state index in [1.807, 2.05) is 43.3 Å². The molecule has 0 spiro atoms. The lowest BCUT2D eigenvalue weighted by Gasteiger charge is -2.50. The van der Waals surface area contributed by atoms with E-state index in [0.29, 0.717) is 34.4 Å². The minimum atomic E-state index is -2.64. The minimum Gasteiger partial charge on any atom is -0.508 e. The third-order valence-electron chi connectivity index (χ3n) is 8.88. The highest BCUT2D eigenvalue weighted by Crippen LogP contribution is 2.53. The Morgan fingerprint density at radius 2 is 1.74 bits per heavy atom. The SMILES string of the molecule is CN(C)c1cc2cc(-c3ccc(N)cc3)oc2c2c1C[C@H]1C[C@H]3[C@H](N(C)C)C(=O)C(C(N)=O)=C(O)[C@@]3(O)C(=O)C1=C2O. The zero-order valence-corrected chi connectivity index (χ0v) is 23.6. The van der Waals surface area contributed by atoms with Crippen molar-refractivity contribution in [2.75, 3.05) is 38.8 Å². The van der Waals surface area contributed by atoms with Crippen molar-refractivity contribution >= 4 is 45.6 Å². The van der Waals surface area contributed by atoms with Gasteiger partial charge in [-0.3, -0.25) is 19.3 Å². The van der Waals surface area contributed by atoms with Gasteiger partial charge in [-0.25, -0.2) is 0 Å². The number of aliphatic hydroxyl groups is 3. The highest BCUT2D eigenvalue weighted by molar-refractivity contribution is 6.24. The summed E-state index contributed by atoms with van der Waals surface area (Å²) in [5, 5.41) is 35.5. The predicted octanol–water partition coefficient (Wildman–Crippen LogP) is 2.32. The van der Waals surface area contributed by atoms with Gasteiger partial charge >= 0.3 is 0 Å². The number of furan rings is 1. The molecule has 6 rings (SSSR count). The van der Waals surface area contributed by atoms with Crippen LogP contribution < -0.4 is 16.4 Å². The van der Waals surface area contributed by atoms with Crippen LogP contribution in [0.25, 0.3) is 28.1 Å². The van der Waals surface area contributed by atoms with Gasteiger partial charge in [0.1, 0.15) is 28.4 Å². The molecule has 3 aliphatic carbocycles. The Morgan fingerprint density at radius 1 is 1.07 bits per heavy atom. The normalized spacial score (nSPS) is 25.5. The third-order valence-corrected chi connectivity index (χ3v) is 8.88. The number of likely N-dealkylation sites (N-methyl/N-ethyl adjacent to an activating group) is 1. The van der Waals surface area contributed by atoms with E-state index in [2.05, 4.69) is 0 Å². The maximum absolute atomic E-state index is 14.2. The second-order valence-electron chi connectivity index (χ2n) is 11.8. The maximum Gasteiger partial charge on any atom is 0.255 e. The van der Waals surface area contributed by atoms with E-state index in [1.165, 1.54) is 4.90 Å². The van der Waals surface area contributed by atoms with Gasteiger partial charge in [-0.1, -0.05) is 0 Å². The van der Waals surface area contributed by atoms with Crippen molar-refractivity contribution in [2.24, 2.45) is 17.6 Å². The van der Waals surface area contributed by atoms with Crippen molar-refractivity contribution in [2.45, 2.75) is 24.5 Å². The lowest BCUT2D eigenvalue weighted by molar-refractivity contribution is -0.153. The minimum absolute atomic E-state index is 0.0749. The van der Waals surface area contributed by atoms with Crippen LogP contribution in [0.3, 0.4) is 0 Å². The van der Waals surface area contributed by atoms with Crippen LogP contribution in [0, 0.1) is 11.8 Å². The first kappa shape index (κ1) is 27.6. The highest BCUT2D eigenvalue weighted by atomic mass is 16.4. The van der Waals surface area contributed by atoms with E-state index < -0.39 is 52.3 Å². The van der Waals surface area contributed by atoms with Gasteiger partial charge in [-0.05, 0) is 74.8 Å². The number of nitrogens with two attached hydrogens (primary N) is 2. The summed E-state index contributed by atoms with van der Waals surface area (Å²) in [6, 6.07) is 9.83. The van der Waals surface area contributed by atoms with Crippen LogP contribution in [0.15, 0.2) is 57.7 Å². The summed E-state index contributed by atoms with van der Waals surface area (Å²) >= 11 is 0. The number of anilines is 2. The molecule has 218 valence electrons. The number of amides is 1. The van der Waals surface area contributed by atoms with Crippen molar-refractivity contribution in [1.82, 2.24) is 4.90 Å². The predicted molar refractivity (Wildman–Crippen MR) is 157 cm³/mol. The molecule has 1 fully saturated rings. The lowest BCUT2D eigenvalue weighted by atomic mass is 9.57. The monoisotopic (exact) mass is 572 g/mol. The number of carbonyl (C=O) groups excluding carboxylic acids is 3. The van der Waals surface area contributed by atoms with Crippen molar-refractivity contribution in [3.05, 3.63) is 64.4 Å². The van der Waals surface area contributed by atoms with E-state index in [-0.39, 0.29) is 17.8 Å². The van der Waals surface area contributed by atoms with Gasteiger partial charge in [-0.15, -0.1) is 0 Å². The molecule has 42 heavy (non-hydrogen) atoms. The van der Waals surface area contributed by atoms with Crippen molar-refractivity contribution in [1.29, 1.82) is 0 Å². The molecule has 1 heterocycles. The molecule has 0 radical (unpaired) electrons. The number of rotatable bonds is 4. The molecule has 3 aliphatic rings. The van der Waals surface area contributed by atoms with Crippen molar-refractivity contribution in [3.8, 4) is 11.3 Å². The maximum atomic E-state index is 14.2. The number of fused-ring (bicyclic) bond motifs is 5. The Balaban J connectivity index is 1.60. The molecule has 1 saturated carbocycles. The number of Topliss-reactive ketones (excluding diaryl/α,β-unsaturated/α-hetero) is 2. The number of benzene rings is 2. The van der Waals surface area contributed by atoms with Gasteiger partial charge in [0.15, 0.2) is 11.4 Å². The summed E-state index contributed by atoms with van der Waals surface area (Å²) in [6.45, 7) is 0. The van der Waals surface area contributed by atoms with Crippen molar-refractivity contribution < 1.29 is 34.1 Å².